The third-order valence-electron chi connectivity index (χ3n) is 5.42. The highest BCUT2D eigenvalue weighted by molar-refractivity contribution is 5.64. The fourth-order valence-electron chi connectivity index (χ4n) is 3.79. The van der Waals surface area contributed by atoms with Crippen LogP contribution in [0, 0.1) is 5.92 Å². The van der Waals surface area contributed by atoms with Crippen LogP contribution in [0.4, 0.5) is 11.4 Å². The Kier molecular flexibility index (Phi) is 3.50. The van der Waals surface area contributed by atoms with Crippen LogP contribution in [0.1, 0.15) is 43.2 Å². The summed E-state index contributed by atoms with van der Waals surface area (Å²) in [6.45, 7) is 0.315. The molecule has 1 aliphatic heterocycles. The van der Waals surface area contributed by atoms with Gasteiger partial charge in [0.05, 0.1) is 5.69 Å². The van der Waals surface area contributed by atoms with Gasteiger partial charge in [-0.1, -0.05) is 6.07 Å². The van der Waals surface area contributed by atoms with E-state index >= 15 is 0 Å². The van der Waals surface area contributed by atoms with Gasteiger partial charge in [-0.25, -0.2) is 0 Å². The van der Waals surface area contributed by atoms with E-state index in [2.05, 4.69) is 17.0 Å². The molecule has 2 aliphatic rings. The maximum absolute atomic E-state index is 11.9. The molecule has 0 spiro atoms. The molecule has 0 unspecified atom stereocenters. The molecule has 4 nitrogen and oxygen atoms in total. The van der Waals surface area contributed by atoms with E-state index in [-0.39, 0.29) is 5.56 Å². The number of anilines is 2. The average Bonchev–Trinajstić information content (AvgIpc) is 3.51. The molecular weight excluding hydrogens is 322 g/mol. The predicted molar refractivity (Wildman–Crippen MR) is 107 cm³/mol. The lowest BCUT2D eigenvalue weighted by Gasteiger charge is -2.33. The second kappa shape index (κ2) is 6.92. The number of fused-ring (bicyclic) bond motifs is 1. The summed E-state index contributed by atoms with van der Waals surface area (Å²) in [5, 5.41) is 0. The van der Waals surface area contributed by atoms with Crippen molar-refractivity contribution in [2.45, 2.75) is 45.6 Å². The fraction of sp³-hybridized carbons (Fsp3) is 0.500. The maximum atomic E-state index is 11.9. The normalized spacial score (nSPS) is 19.8. The molecule has 4 heteroatoms. The maximum Gasteiger partial charge on any atom is 0.250 e. The molecule has 0 N–H and O–H groups in total. The molecule has 1 fully saturated rings. The van der Waals surface area contributed by atoms with Crippen molar-refractivity contribution in [3.05, 3.63) is 58.0 Å². The van der Waals surface area contributed by atoms with Gasteiger partial charge in [0.25, 0.3) is 0 Å². The summed E-state index contributed by atoms with van der Waals surface area (Å²) >= 11 is 0. The molecule has 1 saturated carbocycles. The van der Waals surface area contributed by atoms with E-state index in [0.29, 0.717) is 5.69 Å². The van der Waals surface area contributed by atoms with E-state index in [1.807, 2.05) is 6.07 Å². The van der Waals surface area contributed by atoms with Crippen LogP contribution < -0.4 is 10.5 Å². The summed E-state index contributed by atoms with van der Waals surface area (Å²) in [5.74, 6) is 0.834. The second-order valence-electron chi connectivity index (χ2n) is 7.58. The number of aryl methyl sites for hydroxylation is 1. The molecule has 0 bridgehead atoms. The Morgan fingerprint density at radius 2 is 2.00 bits per heavy atom. The van der Waals surface area contributed by atoms with Gasteiger partial charge >= 0.3 is 0 Å². The van der Waals surface area contributed by atoms with Crippen LogP contribution in [0.2, 0.25) is 0 Å². The largest absolute Gasteiger partial charge is 0.338 e. The number of hydrogen-bond donors (Lipinski definition) is 0. The first-order valence-corrected chi connectivity index (χ1v) is 9.32. The first-order chi connectivity index (χ1) is 14.3. The molecule has 0 radical (unpaired) electrons. The van der Waals surface area contributed by atoms with Gasteiger partial charge in [-0.3, -0.25) is 9.69 Å². The van der Waals surface area contributed by atoms with Crippen molar-refractivity contribution < 1.29 is 5.48 Å². The van der Waals surface area contributed by atoms with Gasteiger partial charge < -0.3 is 9.47 Å². The summed E-state index contributed by atoms with van der Waals surface area (Å²) in [5.41, 5.74) is 3.76. The number of aromatic nitrogens is 1. The van der Waals surface area contributed by atoms with E-state index in [1.165, 1.54) is 34.6 Å². The number of nitrogens with zero attached hydrogens (tertiary/aromatic N) is 3. The zero-order valence-corrected chi connectivity index (χ0v) is 15.3. The van der Waals surface area contributed by atoms with E-state index < -0.39 is 19.8 Å². The van der Waals surface area contributed by atoms with Crippen molar-refractivity contribution in [1.29, 1.82) is 0 Å². The Morgan fingerprint density at radius 1 is 1.19 bits per heavy atom. The summed E-state index contributed by atoms with van der Waals surface area (Å²) in [4.78, 5) is 16.1. The molecule has 138 valence electrons. The van der Waals surface area contributed by atoms with Crippen LogP contribution in [0.5, 0.6) is 0 Å². The van der Waals surface area contributed by atoms with Gasteiger partial charge in [0.1, 0.15) is 0 Å². The van der Waals surface area contributed by atoms with Gasteiger partial charge in [-0.15, -0.1) is 0 Å². The monoisotopic (exact) mass is 355 g/mol. The van der Waals surface area contributed by atoms with Crippen molar-refractivity contribution in [3.8, 4) is 0 Å². The third kappa shape index (κ3) is 3.56. The Balaban J connectivity index is 1.73. The summed E-state index contributed by atoms with van der Waals surface area (Å²) in [6.07, 6.45) is 5.31. The lowest BCUT2D eigenvalue weighted by atomic mass is 9.98. The van der Waals surface area contributed by atoms with Crippen molar-refractivity contribution in [2.24, 2.45) is 13.0 Å². The lowest BCUT2D eigenvalue weighted by molar-refractivity contribution is 0.244. The van der Waals surface area contributed by atoms with Crippen LogP contribution in [-0.4, -0.2) is 28.6 Å². The lowest BCUT2D eigenvalue weighted by Crippen LogP contribution is -2.33. The molecule has 2 heterocycles. The van der Waals surface area contributed by atoms with Gasteiger partial charge in [0.15, 0.2) is 0 Å². The van der Waals surface area contributed by atoms with E-state index in [0.717, 1.165) is 37.7 Å². The molecule has 0 saturated heterocycles. The fourth-order valence-corrected chi connectivity index (χ4v) is 3.79. The number of pyridine rings is 1. The number of hydrogen-bond acceptors (Lipinski definition) is 3. The van der Waals surface area contributed by atoms with Gasteiger partial charge in [-0.05, 0) is 68.3 Å². The number of rotatable bonds is 5. The van der Waals surface area contributed by atoms with Gasteiger partial charge in [0, 0.05) is 56.2 Å². The zero-order chi connectivity index (χ0) is 21.4. The average molecular weight is 356 g/mol. The zero-order valence-electron chi connectivity index (χ0n) is 19.3. The molecule has 0 amide bonds. The molecule has 4 rings (SSSR count). The van der Waals surface area contributed by atoms with Crippen molar-refractivity contribution >= 4 is 11.4 Å². The van der Waals surface area contributed by atoms with E-state index in [4.69, 9.17) is 5.48 Å². The highest BCUT2D eigenvalue weighted by atomic mass is 16.1. The Hall–Kier alpha value is -2.07. The van der Waals surface area contributed by atoms with Crippen LogP contribution >= 0.6 is 0 Å². The quantitative estimate of drug-likeness (QED) is 0.819. The van der Waals surface area contributed by atoms with Crippen molar-refractivity contribution in [1.82, 2.24) is 9.47 Å². The minimum absolute atomic E-state index is 0.155. The Morgan fingerprint density at radius 3 is 2.73 bits per heavy atom. The molecule has 2 aromatic rings. The minimum atomic E-state index is -1.38. The molecule has 1 aromatic heterocycles. The molecule has 26 heavy (non-hydrogen) atoms. The van der Waals surface area contributed by atoms with Crippen LogP contribution in [0.3, 0.4) is 0 Å². The second-order valence-corrected chi connectivity index (χ2v) is 7.58. The highest BCUT2D eigenvalue weighted by Crippen LogP contribution is 2.34. The minimum Gasteiger partial charge on any atom is -0.338 e. The molecule has 0 atom stereocenters. The van der Waals surface area contributed by atoms with Crippen molar-refractivity contribution in [2.75, 3.05) is 18.0 Å². The number of benzene rings is 1. The van der Waals surface area contributed by atoms with Gasteiger partial charge in [-0.2, -0.15) is 0 Å². The predicted octanol–water partition coefficient (Wildman–Crippen LogP) is 3.70. The summed E-state index contributed by atoms with van der Waals surface area (Å²) in [6, 6.07) is 8.25. The van der Waals surface area contributed by atoms with E-state index in [1.54, 1.807) is 24.2 Å². The van der Waals surface area contributed by atoms with Crippen LogP contribution in [-0.2, 0) is 20.0 Å². The smallest absolute Gasteiger partial charge is 0.250 e. The molecule has 1 aliphatic carbocycles. The third-order valence-corrected chi connectivity index (χ3v) is 5.42. The SMILES string of the molecule is [2H]C([2H])C(C([2H])[2H])N(c1ccc2c(c1)CN(CC1CC1)CC2)c1ccc(=O)n(C)c1. The molecule has 1 aromatic carbocycles. The van der Waals surface area contributed by atoms with Crippen LogP contribution in [0.15, 0.2) is 41.3 Å². The van der Waals surface area contributed by atoms with Gasteiger partial charge in [0.2, 0.25) is 5.56 Å². The highest BCUT2D eigenvalue weighted by Gasteiger charge is 2.26. The van der Waals surface area contributed by atoms with Crippen LogP contribution in [0.25, 0.3) is 0 Å². The summed E-state index contributed by atoms with van der Waals surface area (Å²) in [7, 11) is 1.65. The summed E-state index contributed by atoms with van der Waals surface area (Å²) < 4.78 is 33.5. The standard InChI is InChI=1S/C22H29N3O/c1-16(2)25(21-8-9-22(26)23(3)15-21)20-7-6-18-10-11-24(13-17-4-5-17)14-19(18)12-20/h6-9,12,15-17H,4-5,10-11,13-14H2,1-3H3/i1D2,2D2. The Labute approximate surface area is 161 Å². The Bertz CT molecular complexity index is 950. The topological polar surface area (TPSA) is 28.5 Å². The van der Waals surface area contributed by atoms with E-state index in [9.17, 15) is 4.79 Å². The first-order valence-electron chi connectivity index (χ1n) is 11.6. The van der Waals surface area contributed by atoms with Crippen molar-refractivity contribution in [3.63, 3.8) is 0 Å². The first kappa shape index (κ1) is 13.2. The molecular formula is C22H29N3O.